The molecule has 0 aromatic carbocycles. The van der Waals surface area contributed by atoms with Crippen LogP contribution in [0.2, 0.25) is 0 Å². The number of anilines is 1. The number of hydrogen-bond acceptors (Lipinski definition) is 3. The van der Waals surface area contributed by atoms with Crippen molar-refractivity contribution < 1.29 is 0 Å². The summed E-state index contributed by atoms with van der Waals surface area (Å²) in [5.41, 5.74) is 2.14. The number of aromatic nitrogens is 3. The van der Waals surface area contributed by atoms with Gasteiger partial charge in [0.2, 0.25) is 0 Å². The molecule has 0 saturated heterocycles. The second-order valence-electron chi connectivity index (χ2n) is 5.78. The number of nitrogens with zero attached hydrogens (tertiary/aromatic N) is 3. The molecule has 0 bridgehead atoms. The minimum absolute atomic E-state index is 0.495. The average Bonchev–Trinajstić information content (AvgIpc) is 2.88. The number of aryl methyl sites for hydroxylation is 1. The maximum Gasteiger partial charge on any atom is 0.157 e. The van der Waals surface area contributed by atoms with E-state index in [-0.39, 0.29) is 0 Å². The Morgan fingerprint density at radius 1 is 1.26 bits per heavy atom. The van der Waals surface area contributed by atoms with E-state index >= 15 is 0 Å². The first kappa shape index (κ1) is 12.5. The highest BCUT2D eigenvalue weighted by Gasteiger charge is 2.20. The molecule has 3 rings (SSSR count). The van der Waals surface area contributed by atoms with Crippen LogP contribution in [0.5, 0.6) is 0 Å². The summed E-state index contributed by atoms with van der Waals surface area (Å²) in [5, 5.41) is 7.94. The Bertz CT molecular complexity index is 554. The maximum absolute atomic E-state index is 4.30. The van der Waals surface area contributed by atoms with Crippen molar-refractivity contribution in [3.8, 4) is 0 Å². The first-order chi connectivity index (χ1) is 9.24. The Morgan fingerprint density at radius 2 is 2.05 bits per heavy atom. The van der Waals surface area contributed by atoms with Crippen LogP contribution in [0, 0.1) is 12.8 Å². The van der Waals surface area contributed by atoms with Crippen LogP contribution in [0.15, 0.2) is 18.5 Å². The van der Waals surface area contributed by atoms with E-state index in [1.54, 1.807) is 6.33 Å². The van der Waals surface area contributed by atoms with E-state index in [4.69, 9.17) is 0 Å². The van der Waals surface area contributed by atoms with Crippen molar-refractivity contribution in [1.29, 1.82) is 0 Å². The van der Waals surface area contributed by atoms with Gasteiger partial charge in [-0.3, -0.25) is 0 Å². The zero-order valence-corrected chi connectivity index (χ0v) is 11.8. The van der Waals surface area contributed by atoms with Crippen LogP contribution in [0.3, 0.4) is 0 Å². The molecule has 1 N–H and O–H groups in total. The summed E-state index contributed by atoms with van der Waals surface area (Å²) in [5.74, 6) is 1.85. The molecular formula is C15H22N4. The molecule has 2 aromatic rings. The van der Waals surface area contributed by atoms with Gasteiger partial charge in [-0.2, -0.15) is 9.61 Å². The molecule has 1 saturated carbocycles. The molecule has 4 nitrogen and oxygen atoms in total. The normalized spacial score (nSPS) is 18.6. The minimum Gasteiger partial charge on any atom is -0.367 e. The van der Waals surface area contributed by atoms with Gasteiger partial charge in [0.25, 0.3) is 0 Å². The van der Waals surface area contributed by atoms with Crippen molar-refractivity contribution in [3.63, 3.8) is 0 Å². The zero-order chi connectivity index (χ0) is 13.2. The van der Waals surface area contributed by atoms with Gasteiger partial charge in [0, 0.05) is 6.04 Å². The Hall–Kier alpha value is -1.58. The SMILES string of the molecule is Cc1cc(NC(C)C2CCCCC2)n2ncnc2c1. The van der Waals surface area contributed by atoms with Crippen LogP contribution < -0.4 is 5.32 Å². The molecular weight excluding hydrogens is 236 g/mol. The fourth-order valence-corrected chi connectivity index (χ4v) is 3.14. The fourth-order valence-electron chi connectivity index (χ4n) is 3.14. The third-order valence-corrected chi connectivity index (χ3v) is 4.26. The molecule has 0 amide bonds. The molecule has 1 fully saturated rings. The van der Waals surface area contributed by atoms with Crippen molar-refractivity contribution in [2.45, 2.75) is 52.0 Å². The van der Waals surface area contributed by atoms with Crippen LogP contribution in [0.1, 0.15) is 44.6 Å². The largest absolute Gasteiger partial charge is 0.367 e. The molecule has 1 unspecified atom stereocenters. The predicted octanol–water partition coefficient (Wildman–Crippen LogP) is 3.42. The van der Waals surface area contributed by atoms with Gasteiger partial charge in [-0.1, -0.05) is 19.3 Å². The molecule has 0 radical (unpaired) electrons. The zero-order valence-electron chi connectivity index (χ0n) is 11.8. The third kappa shape index (κ3) is 2.57. The lowest BCUT2D eigenvalue weighted by Gasteiger charge is -2.29. The standard InChI is InChI=1S/C15H22N4/c1-11-8-14-16-10-17-19(14)15(9-11)18-12(2)13-6-4-3-5-7-13/h8-10,12-13,18H,3-7H2,1-2H3. The van der Waals surface area contributed by atoms with Gasteiger partial charge in [-0.15, -0.1) is 0 Å². The first-order valence-electron chi connectivity index (χ1n) is 7.31. The van der Waals surface area contributed by atoms with Gasteiger partial charge < -0.3 is 5.32 Å². The summed E-state index contributed by atoms with van der Waals surface area (Å²) in [6.07, 6.45) is 8.47. The smallest absolute Gasteiger partial charge is 0.157 e. The van der Waals surface area contributed by atoms with E-state index in [9.17, 15) is 0 Å². The second kappa shape index (κ2) is 5.19. The Kier molecular flexibility index (Phi) is 3.40. The van der Waals surface area contributed by atoms with Crippen molar-refractivity contribution in [1.82, 2.24) is 14.6 Å². The van der Waals surface area contributed by atoms with Crippen molar-refractivity contribution in [2.75, 3.05) is 5.32 Å². The quantitative estimate of drug-likeness (QED) is 0.917. The topological polar surface area (TPSA) is 42.2 Å². The number of fused-ring (bicyclic) bond motifs is 1. The summed E-state index contributed by atoms with van der Waals surface area (Å²) >= 11 is 0. The highest BCUT2D eigenvalue weighted by Crippen LogP contribution is 2.28. The predicted molar refractivity (Wildman–Crippen MR) is 77.4 cm³/mol. The maximum atomic E-state index is 4.30. The van der Waals surface area contributed by atoms with Gasteiger partial charge in [0.05, 0.1) is 0 Å². The Labute approximate surface area is 114 Å². The molecule has 1 aliphatic carbocycles. The molecule has 19 heavy (non-hydrogen) atoms. The summed E-state index contributed by atoms with van der Waals surface area (Å²) in [6.45, 7) is 4.40. The van der Waals surface area contributed by atoms with Crippen molar-refractivity contribution in [3.05, 3.63) is 24.0 Å². The third-order valence-electron chi connectivity index (χ3n) is 4.26. The van der Waals surface area contributed by atoms with E-state index < -0.39 is 0 Å². The van der Waals surface area contributed by atoms with E-state index in [1.807, 2.05) is 4.52 Å². The van der Waals surface area contributed by atoms with E-state index in [1.165, 1.54) is 37.7 Å². The molecule has 0 aliphatic heterocycles. The molecule has 0 spiro atoms. The van der Waals surface area contributed by atoms with E-state index in [0.29, 0.717) is 6.04 Å². The average molecular weight is 258 g/mol. The Balaban J connectivity index is 1.82. The Morgan fingerprint density at radius 3 is 2.84 bits per heavy atom. The van der Waals surface area contributed by atoms with Crippen LogP contribution in [-0.2, 0) is 0 Å². The number of rotatable bonds is 3. The lowest BCUT2D eigenvalue weighted by atomic mass is 9.84. The first-order valence-corrected chi connectivity index (χ1v) is 7.31. The molecule has 4 heteroatoms. The van der Waals surface area contributed by atoms with Crippen LogP contribution in [-0.4, -0.2) is 20.6 Å². The second-order valence-corrected chi connectivity index (χ2v) is 5.78. The van der Waals surface area contributed by atoms with Crippen molar-refractivity contribution in [2.24, 2.45) is 5.92 Å². The van der Waals surface area contributed by atoms with Gasteiger partial charge in [-0.25, -0.2) is 4.98 Å². The van der Waals surface area contributed by atoms with Gasteiger partial charge in [0.1, 0.15) is 12.1 Å². The number of pyridine rings is 1. The highest BCUT2D eigenvalue weighted by molar-refractivity contribution is 5.51. The van der Waals surface area contributed by atoms with E-state index in [2.05, 4.69) is 41.4 Å². The lowest BCUT2D eigenvalue weighted by Crippen LogP contribution is -2.28. The monoisotopic (exact) mass is 258 g/mol. The molecule has 102 valence electrons. The summed E-state index contributed by atoms with van der Waals surface area (Å²) in [4.78, 5) is 4.27. The molecule has 2 heterocycles. The van der Waals surface area contributed by atoms with Crippen LogP contribution >= 0.6 is 0 Å². The van der Waals surface area contributed by atoms with Gasteiger partial charge in [-0.05, 0) is 50.3 Å². The molecule has 2 aromatic heterocycles. The van der Waals surface area contributed by atoms with Crippen molar-refractivity contribution >= 4 is 11.5 Å². The molecule has 1 atom stereocenters. The van der Waals surface area contributed by atoms with Crippen LogP contribution in [0.4, 0.5) is 5.82 Å². The van der Waals surface area contributed by atoms with Gasteiger partial charge in [0.15, 0.2) is 5.65 Å². The summed E-state index contributed by atoms with van der Waals surface area (Å²) < 4.78 is 1.90. The molecule has 1 aliphatic rings. The minimum atomic E-state index is 0.495. The van der Waals surface area contributed by atoms with E-state index in [0.717, 1.165) is 17.4 Å². The number of nitrogens with one attached hydrogen (secondary N) is 1. The van der Waals surface area contributed by atoms with Gasteiger partial charge >= 0.3 is 0 Å². The summed E-state index contributed by atoms with van der Waals surface area (Å²) in [6, 6.07) is 4.71. The van der Waals surface area contributed by atoms with Crippen LogP contribution in [0.25, 0.3) is 5.65 Å². The highest BCUT2D eigenvalue weighted by atomic mass is 15.3. The summed E-state index contributed by atoms with van der Waals surface area (Å²) in [7, 11) is 0. The fraction of sp³-hybridized carbons (Fsp3) is 0.600. The number of hydrogen-bond donors (Lipinski definition) is 1. The lowest BCUT2D eigenvalue weighted by molar-refractivity contribution is 0.328.